The van der Waals surface area contributed by atoms with E-state index in [1.165, 1.54) is 0 Å². The number of aliphatic hydroxyl groups is 2. The van der Waals surface area contributed by atoms with Gasteiger partial charge in [-0.25, -0.2) is 0 Å². The summed E-state index contributed by atoms with van der Waals surface area (Å²) in [6.45, 7) is 3.61. The van der Waals surface area contributed by atoms with Crippen LogP contribution < -0.4 is 4.74 Å². The van der Waals surface area contributed by atoms with Crippen LogP contribution in [0.3, 0.4) is 0 Å². The molecule has 2 aromatic rings. The largest absolute Gasteiger partial charge is 0.491 e. The van der Waals surface area contributed by atoms with E-state index in [9.17, 15) is 10.2 Å². The topological polar surface area (TPSA) is 68.2 Å². The van der Waals surface area contributed by atoms with Crippen molar-refractivity contribution in [2.45, 2.75) is 50.5 Å². The van der Waals surface area contributed by atoms with Gasteiger partial charge in [0.05, 0.1) is 6.10 Å². The first-order chi connectivity index (χ1) is 12.4. The third kappa shape index (κ3) is 4.83. The third-order valence-electron chi connectivity index (χ3n) is 4.37. The molecule has 2 aromatic carbocycles. The van der Waals surface area contributed by atoms with E-state index in [0.29, 0.717) is 12.2 Å². The van der Waals surface area contributed by atoms with Crippen LogP contribution in [0.1, 0.15) is 19.4 Å². The molecule has 3 rings (SSSR count). The molecule has 4 atom stereocenters. The van der Waals surface area contributed by atoms with Gasteiger partial charge in [-0.1, -0.05) is 48.5 Å². The van der Waals surface area contributed by atoms with E-state index < -0.39 is 30.2 Å². The zero-order chi connectivity index (χ0) is 18.6. The van der Waals surface area contributed by atoms with Crippen LogP contribution in [0.15, 0.2) is 60.7 Å². The monoisotopic (exact) mass is 358 g/mol. The summed E-state index contributed by atoms with van der Waals surface area (Å²) in [5.74, 6) is -0.202. The van der Waals surface area contributed by atoms with Gasteiger partial charge in [0.1, 0.15) is 30.7 Å². The predicted molar refractivity (Wildman–Crippen MR) is 97.9 cm³/mol. The molecule has 2 N–H and O–H groups in total. The quantitative estimate of drug-likeness (QED) is 0.796. The molecule has 0 spiro atoms. The third-order valence-corrected chi connectivity index (χ3v) is 4.37. The minimum Gasteiger partial charge on any atom is -0.491 e. The zero-order valence-corrected chi connectivity index (χ0v) is 15.1. The Bertz CT molecular complexity index is 673. The second-order valence-electron chi connectivity index (χ2n) is 7.01. The second-order valence-corrected chi connectivity index (χ2v) is 7.01. The van der Waals surface area contributed by atoms with Gasteiger partial charge in [-0.15, -0.1) is 0 Å². The van der Waals surface area contributed by atoms with Gasteiger partial charge in [0.25, 0.3) is 0 Å². The zero-order valence-electron chi connectivity index (χ0n) is 15.1. The average molecular weight is 358 g/mol. The lowest BCUT2D eigenvalue weighted by Gasteiger charge is -2.26. The fourth-order valence-electron chi connectivity index (χ4n) is 3.18. The van der Waals surface area contributed by atoms with Crippen LogP contribution in [0.4, 0.5) is 0 Å². The summed E-state index contributed by atoms with van der Waals surface area (Å²) in [4.78, 5) is 0. The van der Waals surface area contributed by atoms with E-state index in [1.54, 1.807) is 13.8 Å². The second kappa shape index (κ2) is 8.18. The van der Waals surface area contributed by atoms with E-state index >= 15 is 0 Å². The molecule has 0 amide bonds. The predicted octanol–water partition coefficient (Wildman–Crippen LogP) is 2.55. The van der Waals surface area contributed by atoms with Crippen LogP contribution in [0.25, 0.3) is 0 Å². The van der Waals surface area contributed by atoms with Gasteiger partial charge in [0.2, 0.25) is 0 Å². The number of hydrogen-bond donors (Lipinski definition) is 2. The molecule has 0 unspecified atom stereocenters. The normalized spacial score (nSPS) is 24.2. The standard InChI is InChI=1S/C21H26O5/c1-21(2)25-19(17(22)13-15-9-5-3-6-10-15)20(26-21)18(23)14-24-16-11-7-4-8-12-16/h3-12,17-20,22-23H,13-14H2,1-2H3/t17-,18-,19-,20-/m1/s1. The molecule has 0 aliphatic carbocycles. The molecule has 1 aliphatic rings. The summed E-state index contributed by atoms with van der Waals surface area (Å²) in [5.41, 5.74) is 1.00. The lowest BCUT2D eigenvalue weighted by molar-refractivity contribution is -0.161. The van der Waals surface area contributed by atoms with Crippen LogP contribution in [0, 0.1) is 0 Å². The minimum atomic E-state index is -0.924. The summed E-state index contributed by atoms with van der Waals surface area (Å²) in [6, 6.07) is 19.0. The fourth-order valence-corrected chi connectivity index (χ4v) is 3.18. The van der Waals surface area contributed by atoms with Crippen molar-refractivity contribution >= 4 is 0 Å². The Balaban J connectivity index is 1.65. The Kier molecular flexibility index (Phi) is 5.94. The summed E-state index contributed by atoms with van der Waals surface area (Å²) in [6.07, 6.45) is -2.61. The van der Waals surface area contributed by atoms with Gasteiger partial charge in [0, 0.05) is 6.42 Å². The van der Waals surface area contributed by atoms with Crippen molar-refractivity contribution in [2.24, 2.45) is 0 Å². The van der Waals surface area contributed by atoms with Gasteiger partial charge < -0.3 is 24.4 Å². The number of hydrogen-bond acceptors (Lipinski definition) is 5. The smallest absolute Gasteiger partial charge is 0.164 e. The van der Waals surface area contributed by atoms with Crippen molar-refractivity contribution < 1.29 is 24.4 Å². The lowest BCUT2D eigenvalue weighted by atomic mass is 9.98. The maximum atomic E-state index is 10.7. The molecule has 26 heavy (non-hydrogen) atoms. The molecule has 0 saturated carbocycles. The highest BCUT2D eigenvalue weighted by Crippen LogP contribution is 2.33. The summed E-state index contributed by atoms with van der Waals surface area (Å²) >= 11 is 0. The van der Waals surface area contributed by atoms with E-state index in [0.717, 1.165) is 5.56 Å². The van der Waals surface area contributed by atoms with Gasteiger partial charge >= 0.3 is 0 Å². The van der Waals surface area contributed by atoms with Gasteiger partial charge in [0.15, 0.2) is 5.79 Å². The average Bonchev–Trinajstić information content (AvgIpc) is 2.97. The maximum Gasteiger partial charge on any atom is 0.164 e. The van der Waals surface area contributed by atoms with E-state index in [4.69, 9.17) is 14.2 Å². The molecule has 1 saturated heterocycles. The van der Waals surface area contributed by atoms with Crippen LogP contribution in [-0.2, 0) is 15.9 Å². The Morgan fingerprint density at radius 2 is 1.42 bits per heavy atom. The number of benzene rings is 2. The molecule has 5 heteroatoms. The molecule has 0 radical (unpaired) electrons. The summed E-state index contributed by atoms with van der Waals surface area (Å²) < 4.78 is 17.4. The summed E-state index contributed by atoms with van der Waals surface area (Å²) in [7, 11) is 0. The lowest BCUT2D eigenvalue weighted by Crippen LogP contribution is -2.45. The molecular weight excluding hydrogens is 332 g/mol. The SMILES string of the molecule is CC1(C)O[C@H]([C@H](O)COc2ccccc2)[C@@H]([C@H](O)Cc2ccccc2)O1. The minimum absolute atomic E-state index is 0.0582. The number of aliphatic hydroxyl groups excluding tert-OH is 2. The van der Waals surface area contributed by atoms with Crippen molar-refractivity contribution in [3.05, 3.63) is 66.2 Å². The highest BCUT2D eigenvalue weighted by Gasteiger charge is 2.48. The molecule has 140 valence electrons. The molecule has 1 fully saturated rings. The maximum absolute atomic E-state index is 10.7. The van der Waals surface area contributed by atoms with Crippen LogP contribution in [0.2, 0.25) is 0 Å². The molecule has 0 bridgehead atoms. The summed E-state index contributed by atoms with van der Waals surface area (Å²) in [5, 5.41) is 21.3. The first kappa shape index (κ1) is 18.9. The van der Waals surface area contributed by atoms with Crippen molar-refractivity contribution in [1.82, 2.24) is 0 Å². The van der Waals surface area contributed by atoms with Gasteiger partial charge in [-0.05, 0) is 31.5 Å². The Labute approximate surface area is 154 Å². The number of para-hydroxylation sites is 1. The first-order valence-electron chi connectivity index (χ1n) is 8.88. The molecule has 1 aliphatic heterocycles. The van der Waals surface area contributed by atoms with Crippen LogP contribution in [0.5, 0.6) is 5.75 Å². The van der Waals surface area contributed by atoms with Crippen molar-refractivity contribution in [1.29, 1.82) is 0 Å². The van der Waals surface area contributed by atoms with Crippen molar-refractivity contribution in [3.8, 4) is 5.75 Å². The highest BCUT2D eigenvalue weighted by atomic mass is 16.8. The van der Waals surface area contributed by atoms with E-state index in [-0.39, 0.29) is 6.61 Å². The van der Waals surface area contributed by atoms with Gasteiger partial charge in [-0.3, -0.25) is 0 Å². The number of rotatable bonds is 7. The molecule has 0 aromatic heterocycles. The molecule has 1 heterocycles. The Morgan fingerprint density at radius 1 is 0.885 bits per heavy atom. The first-order valence-corrected chi connectivity index (χ1v) is 8.88. The van der Waals surface area contributed by atoms with Crippen LogP contribution in [-0.4, -0.2) is 47.0 Å². The van der Waals surface area contributed by atoms with Crippen molar-refractivity contribution in [3.63, 3.8) is 0 Å². The Morgan fingerprint density at radius 3 is 2.04 bits per heavy atom. The molecule has 5 nitrogen and oxygen atoms in total. The van der Waals surface area contributed by atoms with Crippen molar-refractivity contribution in [2.75, 3.05) is 6.61 Å². The van der Waals surface area contributed by atoms with Crippen LogP contribution >= 0.6 is 0 Å². The van der Waals surface area contributed by atoms with E-state index in [2.05, 4.69) is 0 Å². The van der Waals surface area contributed by atoms with E-state index in [1.807, 2.05) is 60.7 Å². The Hall–Kier alpha value is -1.92. The fraction of sp³-hybridized carbons (Fsp3) is 0.429. The number of ether oxygens (including phenoxy) is 3. The highest BCUT2D eigenvalue weighted by molar-refractivity contribution is 5.21. The molecular formula is C21H26O5. The van der Waals surface area contributed by atoms with Gasteiger partial charge in [-0.2, -0.15) is 0 Å².